The van der Waals surface area contributed by atoms with E-state index in [0.29, 0.717) is 11.3 Å². The van der Waals surface area contributed by atoms with Crippen LogP contribution in [0.15, 0.2) is 30.6 Å². The number of hydrogen-bond donors (Lipinski definition) is 1. The lowest BCUT2D eigenvalue weighted by atomic mass is 10.1. The van der Waals surface area contributed by atoms with Crippen LogP contribution in [-0.2, 0) is 6.42 Å². The van der Waals surface area contributed by atoms with E-state index in [-0.39, 0.29) is 5.69 Å². The maximum Gasteiger partial charge on any atom is 0.293 e. The summed E-state index contributed by atoms with van der Waals surface area (Å²) in [6.45, 7) is 3.61. The van der Waals surface area contributed by atoms with Gasteiger partial charge in [-0.2, -0.15) is 0 Å². The van der Waals surface area contributed by atoms with Crippen molar-refractivity contribution in [2.24, 2.45) is 0 Å². The van der Waals surface area contributed by atoms with Crippen LogP contribution in [-0.4, -0.2) is 19.6 Å². The second-order valence-electron chi connectivity index (χ2n) is 4.64. The third-order valence-electron chi connectivity index (χ3n) is 3.13. The summed E-state index contributed by atoms with van der Waals surface area (Å²) >= 11 is 0. The molecule has 1 heterocycles. The molecule has 1 aromatic carbocycles. The van der Waals surface area contributed by atoms with Crippen LogP contribution in [0, 0.1) is 10.1 Å². The number of hydrogen-bond acceptors (Lipinski definition) is 4. The third-order valence-corrected chi connectivity index (χ3v) is 3.13. The topological polar surface area (TPSA) is 81.2 Å². The highest BCUT2D eigenvalue weighted by Crippen LogP contribution is 2.28. The molecule has 20 heavy (non-hydrogen) atoms. The van der Waals surface area contributed by atoms with E-state index in [4.69, 9.17) is 0 Å². The molecule has 6 nitrogen and oxygen atoms in total. The van der Waals surface area contributed by atoms with Gasteiger partial charge < -0.3 is 5.11 Å². The highest BCUT2D eigenvalue weighted by atomic mass is 16.6. The third kappa shape index (κ3) is 2.70. The summed E-state index contributed by atoms with van der Waals surface area (Å²) in [7, 11) is 0. The zero-order valence-corrected chi connectivity index (χ0v) is 11.5. The number of nitro groups is 1. The Bertz CT molecular complexity index is 620. The fourth-order valence-electron chi connectivity index (χ4n) is 2.11. The number of aliphatic hydroxyl groups is 1. The molecule has 1 atom stereocenters. The van der Waals surface area contributed by atoms with Crippen LogP contribution in [0.5, 0.6) is 0 Å². The van der Waals surface area contributed by atoms with Crippen molar-refractivity contribution in [1.82, 2.24) is 9.55 Å². The zero-order valence-electron chi connectivity index (χ0n) is 11.5. The summed E-state index contributed by atoms with van der Waals surface area (Å²) in [6, 6.07) is 4.76. The van der Waals surface area contributed by atoms with Crippen LogP contribution >= 0.6 is 0 Å². The lowest BCUT2D eigenvalue weighted by Crippen LogP contribution is -2.05. The second kappa shape index (κ2) is 5.83. The molecule has 1 N–H and O–H groups in total. The Balaban J connectivity index is 2.55. The van der Waals surface area contributed by atoms with E-state index in [0.717, 1.165) is 18.7 Å². The molecule has 0 bridgehead atoms. The molecule has 0 aliphatic rings. The predicted molar refractivity (Wildman–Crippen MR) is 74.8 cm³/mol. The first-order chi connectivity index (χ1) is 9.54. The molecule has 0 unspecified atom stereocenters. The summed E-state index contributed by atoms with van der Waals surface area (Å²) in [4.78, 5) is 15.0. The van der Waals surface area contributed by atoms with Gasteiger partial charge in [-0.15, -0.1) is 0 Å². The summed E-state index contributed by atoms with van der Waals surface area (Å²) < 4.78 is 1.73. The molecule has 0 fully saturated rings. The minimum atomic E-state index is -0.736. The maximum atomic E-state index is 11.3. The van der Waals surface area contributed by atoms with Gasteiger partial charge in [0, 0.05) is 24.9 Å². The number of benzene rings is 1. The fraction of sp³-hybridized carbons (Fsp3) is 0.357. The van der Waals surface area contributed by atoms with Crippen LogP contribution in [0.25, 0.3) is 5.69 Å². The molecule has 0 spiro atoms. The number of nitrogens with zero attached hydrogens (tertiary/aromatic N) is 3. The molecule has 0 saturated carbocycles. The second-order valence-corrected chi connectivity index (χ2v) is 4.64. The zero-order chi connectivity index (χ0) is 14.7. The van der Waals surface area contributed by atoms with Gasteiger partial charge in [0.05, 0.1) is 11.0 Å². The van der Waals surface area contributed by atoms with Gasteiger partial charge in [-0.1, -0.05) is 13.0 Å². The first kappa shape index (κ1) is 14.2. The van der Waals surface area contributed by atoms with Gasteiger partial charge in [-0.25, -0.2) is 4.98 Å². The average Bonchev–Trinajstić information content (AvgIpc) is 2.86. The van der Waals surface area contributed by atoms with Gasteiger partial charge in [0.25, 0.3) is 5.69 Å². The fourth-order valence-corrected chi connectivity index (χ4v) is 2.11. The standard InChI is InChI=1S/C14H17N3O3/c1-3-4-14-15-7-8-16(14)12-6-5-11(10(2)18)9-13(12)17(19)20/h5-10,18H,3-4H2,1-2H3/t10-/m0/s1. The van der Waals surface area contributed by atoms with Crippen LogP contribution in [0.3, 0.4) is 0 Å². The van der Waals surface area contributed by atoms with E-state index in [1.54, 1.807) is 36.0 Å². The molecule has 0 amide bonds. The largest absolute Gasteiger partial charge is 0.389 e. The maximum absolute atomic E-state index is 11.3. The number of rotatable bonds is 5. The normalized spacial score (nSPS) is 12.3. The monoisotopic (exact) mass is 275 g/mol. The Kier molecular flexibility index (Phi) is 4.14. The molecule has 106 valence electrons. The van der Waals surface area contributed by atoms with Crippen molar-refractivity contribution >= 4 is 5.69 Å². The molecule has 2 rings (SSSR count). The molecule has 0 radical (unpaired) electrons. The van der Waals surface area contributed by atoms with E-state index < -0.39 is 11.0 Å². The predicted octanol–water partition coefficient (Wildman–Crippen LogP) is 2.79. The number of aliphatic hydroxyl groups excluding tert-OH is 1. The molecule has 0 saturated heterocycles. The Morgan fingerprint density at radius 2 is 2.25 bits per heavy atom. The Hall–Kier alpha value is -2.21. The van der Waals surface area contributed by atoms with Crippen LogP contribution < -0.4 is 0 Å². The molecule has 0 aliphatic carbocycles. The van der Waals surface area contributed by atoms with E-state index in [1.165, 1.54) is 6.07 Å². The highest BCUT2D eigenvalue weighted by Gasteiger charge is 2.19. The summed E-state index contributed by atoms with van der Waals surface area (Å²) in [5.41, 5.74) is 0.969. The lowest BCUT2D eigenvalue weighted by molar-refractivity contribution is -0.384. The van der Waals surface area contributed by atoms with Gasteiger partial charge in [0.15, 0.2) is 0 Å². The average molecular weight is 275 g/mol. The minimum Gasteiger partial charge on any atom is -0.389 e. The molecular weight excluding hydrogens is 258 g/mol. The van der Waals surface area contributed by atoms with Crippen LogP contribution in [0.4, 0.5) is 5.69 Å². The van der Waals surface area contributed by atoms with Crippen molar-refractivity contribution in [2.75, 3.05) is 0 Å². The summed E-state index contributed by atoms with van der Waals surface area (Å²) in [5.74, 6) is 0.792. The first-order valence-corrected chi connectivity index (χ1v) is 6.53. The van der Waals surface area contributed by atoms with Crippen molar-refractivity contribution < 1.29 is 10.0 Å². The quantitative estimate of drug-likeness (QED) is 0.672. The lowest BCUT2D eigenvalue weighted by Gasteiger charge is -2.10. The molecular formula is C14H17N3O3. The Labute approximate surface area is 116 Å². The van der Waals surface area contributed by atoms with Gasteiger partial charge in [-0.3, -0.25) is 14.7 Å². The minimum absolute atomic E-state index is 0.0289. The van der Waals surface area contributed by atoms with Crippen molar-refractivity contribution in [2.45, 2.75) is 32.8 Å². The summed E-state index contributed by atoms with van der Waals surface area (Å²) in [6.07, 6.45) is 4.28. The highest BCUT2D eigenvalue weighted by molar-refractivity contribution is 5.55. The molecule has 0 aliphatic heterocycles. The van der Waals surface area contributed by atoms with Gasteiger partial charge >= 0.3 is 0 Å². The smallest absolute Gasteiger partial charge is 0.293 e. The van der Waals surface area contributed by atoms with E-state index in [9.17, 15) is 15.2 Å². The molecule has 1 aromatic heterocycles. The number of nitro benzene ring substituents is 1. The molecule has 6 heteroatoms. The van der Waals surface area contributed by atoms with Crippen LogP contribution in [0.1, 0.15) is 37.8 Å². The summed E-state index contributed by atoms with van der Waals surface area (Å²) in [5, 5.41) is 20.8. The van der Waals surface area contributed by atoms with Crippen molar-refractivity contribution in [3.05, 3.63) is 52.1 Å². The van der Waals surface area contributed by atoms with Crippen LogP contribution in [0.2, 0.25) is 0 Å². The molecule has 2 aromatic rings. The van der Waals surface area contributed by atoms with Gasteiger partial charge in [0.1, 0.15) is 11.5 Å². The first-order valence-electron chi connectivity index (χ1n) is 6.53. The number of aromatic nitrogens is 2. The van der Waals surface area contributed by atoms with Crippen molar-refractivity contribution in [1.29, 1.82) is 0 Å². The van der Waals surface area contributed by atoms with Gasteiger partial charge in [-0.05, 0) is 25.0 Å². The number of aryl methyl sites for hydroxylation is 1. The van der Waals surface area contributed by atoms with E-state index >= 15 is 0 Å². The van der Waals surface area contributed by atoms with Crippen molar-refractivity contribution in [3.63, 3.8) is 0 Å². The number of imidazole rings is 1. The van der Waals surface area contributed by atoms with E-state index in [1.807, 2.05) is 6.92 Å². The van der Waals surface area contributed by atoms with Crippen molar-refractivity contribution in [3.8, 4) is 5.69 Å². The Morgan fingerprint density at radius 3 is 2.85 bits per heavy atom. The Morgan fingerprint density at radius 1 is 1.50 bits per heavy atom. The SMILES string of the molecule is CCCc1nccn1-c1ccc([C@H](C)O)cc1[N+](=O)[O-]. The van der Waals surface area contributed by atoms with Gasteiger partial charge in [0.2, 0.25) is 0 Å². The van der Waals surface area contributed by atoms with E-state index in [2.05, 4.69) is 4.98 Å².